The van der Waals surface area contributed by atoms with Crippen molar-refractivity contribution < 1.29 is 41.5 Å². The maximum atomic E-state index is 10.1. The number of carbonyl (C=O) groups is 2. The van der Waals surface area contributed by atoms with E-state index >= 15 is 0 Å². The molecular weight excluding hydrogens is 235 g/mol. The van der Waals surface area contributed by atoms with Crippen LogP contribution < -0.4 is 11.5 Å². The Hall–Kier alpha value is -0.956. The fraction of sp³-hybridized carbons (Fsp3) is 0.600. The third-order valence-corrected chi connectivity index (χ3v) is 1.02. The van der Waals surface area contributed by atoms with Gasteiger partial charge in [-0.25, -0.2) is 0 Å². The molecule has 0 radical (unpaired) electrons. The predicted octanol–water partition coefficient (Wildman–Crippen LogP) is -2.13. The van der Waals surface area contributed by atoms with Gasteiger partial charge in [0.1, 0.15) is 6.04 Å². The minimum absolute atomic E-state index is 0.0213. The van der Waals surface area contributed by atoms with E-state index in [4.69, 9.17) is 28.0 Å². The summed E-state index contributed by atoms with van der Waals surface area (Å²) in [6, 6.07) is -0.979. The van der Waals surface area contributed by atoms with Crippen molar-refractivity contribution in [1.29, 1.82) is 0 Å². The number of hydrogen-bond acceptors (Lipinski definition) is 5. The summed E-state index contributed by atoms with van der Waals surface area (Å²) in [4.78, 5) is 20.1. The van der Waals surface area contributed by atoms with Gasteiger partial charge in [0, 0.05) is 6.42 Å². The standard InChI is InChI=1S/C5H10N2O3.H2O.2O.V/c6-3(5(9)10)1-2-4(7)8;;;;/h3H,1-2,6H2,(H2,7,8)(H,9,10);1H2;;;/q;;;;+1/p-1/t3-;;;;/m0..../s1. The quantitative estimate of drug-likeness (QED) is 0.440. The number of carbonyl (C=O) groups excluding carboxylic acids is 1. The van der Waals surface area contributed by atoms with Gasteiger partial charge in [0.05, 0.1) is 0 Å². The summed E-state index contributed by atoms with van der Waals surface area (Å²) in [7, 11) is 0. The van der Waals surface area contributed by atoms with Crippen LogP contribution in [0.3, 0.4) is 0 Å². The minimum atomic E-state index is -3.69. The van der Waals surface area contributed by atoms with Crippen LogP contribution in [-0.2, 0) is 32.3 Å². The average molecular weight is 246 g/mol. The van der Waals surface area contributed by atoms with E-state index in [1.807, 2.05) is 0 Å². The Balaban J connectivity index is 0. The zero-order valence-electron chi connectivity index (χ0n) is 7.12. The first-order valence-corrected chi connectivity index (χ1v) is 5.13. The molecule has 8 nitrogen and oxygen atoms in total. The van der Waals surface area contributed by atoms with Crippen molar-refractivity contribution in [2.45, 2.75) is 18.9 Å². The molecule has 0 aliphatic heterocycles. The molecule has 82 valence electrons. The molecule has 1 amide bonds. The second-order valence-electron chi connectivity index (χ2n) is 2.19. The molecule has 0 heterocycles. The van der Waals surface area contributed by atoms with Crippen LogP contribution in [0.25, 0.3) is 0 Å². The normalized spacial score (nSPS) is 10.7. The Bertz CT molecular complexity index is 255. The summed E-state index contributed by atoms with van der Waals surface area (Å²) in [5.74, 6) is -1.64. The summed E-state index contributed by atoms with van der Waals surface area (Å²) in [5.41, 5.74) is 9.81. The average Bonchev–Trinajstić information content (AvgIpc) is 1.98. The molecule has 14 heavy (non-hydrogen) atoms. The van der Waals surface area contributed by atoms with Gasteiger partial charge in [-0.2, -0.15) is 0 Å². The van der Waals surface area contributed by atoms with Crippen molar-refractivity contribution in [3.05, 3.63) is 0 Å². The molecule has 6 N–H and O–H groups in total. The van der Waals surface area contributed by atoms with Gasteiger partial charge in [-0.05, 0) is 6.42 Å². The van der Waals surface area contributed by atoms with Gasteiger partial charge in [-0.15, -0.1) is 0 Å². The molecule has 9 heteroatoms. The molecule has 0 aromatic rings. The van der Waals surface area contributed by atoms with Gasteiger partial charge >= 0.3 is 32.7 Å². The van der Waals surface area contributed by atoms with Crippen molar-refractivity contribution in [2.75, 3.05) is 0 Å². The Kier molecular flexibility index (Phi) is 9.57. The van der Waals surface area contributed by atoms with Gasteiger partial charge in [0.15, 0.2) is 0 Å². The Morgan fingerprint density at radius 3 is 1.93 bits per heavy atom. The molecule has 0 bridgehead atoms. The number of aliphatic carboxylic acids is 1. The summed E-state index contributed by atoms with van der Waals surface area (Å²) in [6.07, 6.45) is 0.123. The maximum absolute atomic E-state index is 10.1. The molecule has 0 aromatic heterocycles. The van der Waals surface area contributed by atoms with Crippen molar-refractivity contribution in [2.24, 2.45) is 11.5 Å². The van der Waals surface area contributed by atoms with Crippen LogP contribution in [0.15, 0.2) is 0 Å². The molecule has 0 saturated heterocycles. The fourth-order valence-electron chi connectivity index (χ4n) is 0.421. The topological polar surface area (TPSA) is 161 Å². The van der Waals surface area contributed by atoms with E-state index < -0.39 is 33.3 Å². The third-order valence-electron chi connectivity index (χ3n) is 1.02. The number of nitrogens with two attached hydrogens (primary N) is 2. The monoisotopic (exact) mass is 246 g/mol. The first kappa shape index (κ1) is 15.5. The van der Waals surface area contributed by atoms with Crippen molar-refractivity contribution >= 4 is 11.9 Å². The second-order valence-corrected chi connectivity index (χ2v) is 2.93. The first-order chi connectivity index (χ1) is 6.27. The van der Waals surface area contributed by atoms with E-state index in [0.717, 1.165) is 0 Å². The molecule has 0 spiro atoms. The van der Waals surface area contributed by atoms with Crippen LogP contribution in [0.4, 0.5) is 0 Å². The molecule has 0 saturated carbocycles. The third kappa shape index (κ3) is 17.2. The zero-order chi connectivity index (χ0) is 11.7. The van der Waals surface area contributed by atoms with Crippen LogP contribution in [0.5, 0.6) is 0 Å². The van der Waals surface area contributed by atoms with E-state index in [-0.39, 0.29) is 12.8 Å². The number of rotatable bonds is 4. The van der Waals surface area contributed by atoms with E-state index in [1.54, 1.807) is 0 Å². The van der Waals surface area contributed by atoms with Crippen molar-refractivity contribution in [3.63, 3.8) is 0 Å². The van der Waals surface area contributed by atoms with Gasteiger partial charge in [-0.3, -0.25) is 9.59 Å². The Morgan fingerprint density at radius 2 is 1.71 bits per heavy atom. The fourth-order valence-corrected chi connectivity index (χ4v) is 0.421. The van der Waals surface area contributed by atoms with Crippen LogP contribution in [0.1, 0.15) is 12.8 Å². The molecular formula is C5H11N2O6V. The van der Waals surface area contributed by atoms with E-state index in [1.165, 1.54) is 0 Å². The van der Waals surface area contributed by atoms with Gasteiger partial charge in [-0.1, -0.05) is 0 Å². The van der Waals surface area contributed by atoms with Gasteiger partial charge in [0.25, 0.3) is 0 Å². The number of amides is 1. The zero-order valence-corrected chi connectivity index (χ0v) is 8.52. The van der Waals surface area contributed by atoms with Crippen LogP contribution in [-0.4, -0.2) is 27.1 Å². The van der Waals surface area contributed by atoms with Crippen LogP contribution >= 0.6 is 0 Å². The molecule has 0 aliphatic rings. The molecule has 0 aromatic carbocycles. The van der Waals surface area contributed by atoms with E-state index in [9.17, 15) is 9.59 Å². The molecule has 0 aliphatic carbocycles. The van der Waals surface area contributed by atoms with Crippen LogP contribution in [0.2, 0.25) is 0 Å². The predicted molar refractivity (Wildman–Crippen MR) is 37.6 cm³/mol. The van der Waals surface area contributed by atoms with Crippen molar-refractivity contribution in [1.82, 2.24) is 0 Å². The Morgan fingerprint density at radius 1 is 1.36 bits per heavy atom. The molecule has 0 unspecified atom stereocenters. The molecule has 1 atom stereocenters. The summed E-state index contributed by atoms with van der Waals surface area (Å²) < 4.78 is 24.4. The Labute approximate surface area is 84.2 Å². The number of hydrogen-bond donors (Lipinski definition) is 4. The first-order valence-electron chi connectivity index (χ1n) is 3.37. The van der Waals surface area contributed by atoms with Crippen LogP contribution in [0, 0.1) is 0 Å². The second kappa shape index (κ2) is 8.63. The number of carboxylic acid groups (broad SMARTS) is 1. The van der Waals surface area contributed by atoms with E-state index in [0.29, 0.717) is 0 Å². The number of primary amides is 1. The van der Waals surface area contributed by atoms with Gasteiger partial charge < -0.3 is 16.6 Å². The summed E-state index contributed by atoms with van der Waals surface area (Å²) in [6.45, 7) is 0. The SMILES string of the molecule is NC(=O)CC[C@H](N)C(=O)O.[O]=[V](=[O])[OH]. The number of carboxylic acids is 1. The summed E-state index contributed by atoms with van der Waals surface area (Å²) >= 11 is -3.69. The molecule has 0 rings (SSSR count). The summed E-state index contributed by atoms with van der Waals surface area (Å²) in [5, 5.41) is 8.22. The van der Waals surface area contributed by atoms with Gasteiger partial charge in [0.2, 0.25) is 5.91 Å². The molecule has 0 fully saturated rings. The van der Waals surface area contributed by atoms with E-state index in [2.05, 4.69) is 0 Å². The van der Waals surface area contributed by atoms with Crippen molar-refractivity contribution in [3.8, 4) is 0 Å².